The van der Waals surface area contributed by atoms with Crippen LogP contribution in [0.3, 0.4) is 0 Å². The van der Waals surface area contributed by atoms with Crippen LogP contribution in [0.15, 0.2) is 53.4 Å². The number of piperazine rings is 1. The number of carbonyl (C=O) groups excluding carboxylic acids is 2. The molecule has 2 aromatic carbocycles. The van der Waals surface area contributed by atoms with Crippen LogP contribution < -0.4 is 5.32 Å². The minimum atomic E-state index is -4.48. The molecule has 11 heteroatoms. The molecule has 1 aliphatic heterocycles. The first-order chi connectivity index (χ1) is 15.0. The Morgan fingerprint density at radius 3 is 2.19 bits per heavy atom. The van der Waals surface area contributed by atoms with E-state index >= 15 is 0 Å². The maximum absolute atomic E-state index is 12.8. The van der Waals surface area contributed by atoms with Gasteiger partial charge in [-0.15, -0.1) is 0 Å². The zero-order valence-corrected chi connectivity index (χ0v) is 18.0. The van der Waals surface area contributed by atoms with Gasteiger partial charge in [-0.2, -0.15) is 17.5 Å². The van der Waals surface area contributed by atoms with E-state index in [4.69, 9.17) is 0 Å². The molecule has 32 heavy (non-hydrogen) atoms. The minimum absolute atomic E-state index is 0.0634. The summed E-state index contributed by atoms with van der Waals surface area (Å²) >= 11 is 0. The predicted octanol–water partition coefficient (Wildman–Crippen LogP) is 2.85. The molecule has 0 saturated carbocycles. The standard InChI is InChI=1S/C21H22F3N3O4S/c1-15(28)16-5-7-19(8-6-16)32(30,31)27-11-9-26(10-12-27)20(29)14-25-18-4-2-3-17(13-18)21(22,23)24/h2-8,13,25H,9-12,14H2,1H3. The lowest BCUT2D eigenvalue weighted by Gasteiger charge is -2.34. The smallest absolute Gasteiger partial charge is 0.376 e. The fourth-order valence-corrected chi connectivity index (χ4v) is 4.71. The molecule has 0 bridgehead atoms. The van der Waals surface area contributed by atoms with E-state index in [0.29, 0.717) is 5.56 Å². The van der Waals surface area contributed by atoms with Gasteiger partial charge >= 0.3 is 6.18 Å². The van der Waals surface area contributed by atoms with Crippen LogP contribution in [0.5, 0.6) is 0 Å². The normalized spacial score (nSPS) is 15.4. The molecule has 2 aromatic rings. The third-order valence-electron chi connectivity index (χ3n) is 5.12. The highest BCUT2D eigenvalue weighted by molar-refractivity contribution is 7.89. The Balaban J connectivity index is 1.56. The molecule has 1 heterocycles. The summed E-state index contributed by atoms with van der Waals surface area (Å²) < 4.78 is 65.3. The summed E-state index contributed by atoms with van der Waals surface area (Å²) in [5, 5.41) is 2.69. The van der Waals surface area contributed by atoms with Gasteiger partial charge in [0.25, 0.3) is 0 Å². The van der Waals surface area contributed by atoms with Gasteiger partial charge in [0.1, 0.15) is 0 Å². The summed E-state index contributed by atoms with van der Waals surface area (Å²) in [4.78, 5) is 25.3. The molecule has 3 rings (SSSR count). The number of Topliss-reactive ketones (excluding diaryl/α,β-unsaturated/α-hetero) is 1. The molecule has 0 atom stereocenters. The zero-order valence-electron chi connectivity index (χ0n) is 17.2. The Bertz CT molecular complexity index is 1090. The van der Waals surface area contributed by atoms with Crippen LogP contribution in [0, 0.1) is 0 Å². The van der Waals surface area contributed by atoms with Crippen molar-refractivity contribution in [3.05, 3.63) is 59.7 Å². The number of hydrogen-bond acceptors (Lipinski definition) is 5. The van der Waals surface area contributed by atoms with Gasteiger partial charge in [0.05, 0.1) is 17.0 Å². The van der Waals surface area contributed by atoms with Gasteiger partial charge in [-0.3, -0.25) is 9.59 Å². The number of sulfonamides is 1. The fourth-order valence-electron chi connectivity index (χ4n) is 3.28. The van der Waals surface area contributed by atoms with E-state index in [0.717, 1.165) is 12.1 Å². The molecule has 1 saturated heterocycles. The number of rotatable bonds is 6. The van der Waals surface area contributed by atoms with Crippen molar-refractivity contribution in [1.29, 1.82) is 0 Å². The lowest BCUT2D eigenvalue weighted by Crippen LogP contribution is -2.51. The number of ketones is 1. The Morgan fingerprint density at radius 1 is 1.00 bits per heavy atom. The predicted molar refractivity (Wildman–Crippen MR) is 112 cm³/mol. The first-order valence-electron chi connectivity index (χ1n) is 9.78. The number of nitrogens with one attached hydrogen (secondary N) is 1. The first-order valence-corrected chi connectivity index (χ1v) is 11.2. The molecule has 0 spiro atoms. The van der Waals surface area contributed by atoms with Crippen LogP contribution in [-0.2, 0) is 21.0 Å². The highest BCUT2D eigenvalue weighted by Crippen LogP contribution is 2.30. The average Bonchev–Trinajstić information content (AvgIpc) is 2.77. The van der Waals surface area contributed by atoms with Gasteiger partial charge in [0.15, 0.2) is 5.78 Å². The number of amides is 1. The molecule has 0 aromatic heterocycles. The van der Waals surface area contributed by atoms with Crippen LogP contribution in [0.1, 0.15) is 22.8 Å². The van der Waals surface area contributed by atoms with Crippen molar-refractivity contribution in [2.75, 3.05) is 38.0 Å². The second kappa shape index (κ2) is 9.29. The second-order valence-corrected chi connectivity index (χ2v) is 9.24. The largest absolute Gasteiger partial charge is 0.416 e. The number of alkyl halides is 3. The van der Waals surface area contributed by atoms with Gasteiger partial charge < -0.3 is 10.2 Å². The van der Waals surface area contributed by atoms with Gasteiger partial charge in [0.2, 0.25) is 15.9 Å². The van der Waals surface area contributed by atoms with Gasteiger partial charge in [0, 0.05) is 37.4 Å². The molecule has 1 amide bonds. The van der Waals surface area contributed by atoms with E-state index in [2.05, 4.69) is 5.32 Å². The molecule has 1 fully saturated rings. The SMILES string of the molecule is CC(=O)c1ccc(S(=O)(=O)N2CCN(C(=O)CNc3cccc(C(F)(F)F)c3)CC2)cc1. The number of benzene rings is 2. The van der Waals surface area contributed by atoms with Crippen LogP contribution >= 0.6 is 0 Å². The molecular formula is C21H22F3N3O4S. The maximum Gasteiger partial charge on any atom is 0.416 e. The van der Waals surface area contributed by atoms with E-state index in [1.165, 1.54) is 52.5 Å². The molecular weight excluding hydrogens is 447 g/mol. The Morgan fingerprint density at radius 2 is 1.62 bits per heavy atom. The number of nitrogens with zero attached hydrogens (tertiary/aromatic N) is 2. The van der Waals surface area contributed by atoms with Crippen molar-refractivity contribution in [2.24, 2.45) is 0 Å². The molecule has 7 nitrogen and oxygen atoms in total. The monoisotopic (exact) mass is 469 g/mol. The number of carbonyl (C=O) groups is 2. The summed E-state index contributed by atoms with van der Waals surface area (Å²) in [6.07, 6.45) is -4.48. The molecule has 0 unspecified atom stereocenters. The molecule has 1 aliphatic rings. The maximum atomic E-state index is 12.8. The van der Waals surface area contributed by atoms with E-state index in [1.807, 2.05) is 0 Å². The van der Waals surface area contributed by atoms with Crippen LogP contribution in [0.25, 0.3) is 0 Å². The van der Waals surface area contributed by atoms with Crippen molar-refractivity contribution in [3.63, 3.8) is 0 Å². The van der Waals surface area contributed by atoms with E-state index in [9.17, 15) is 31.2 Å². The van der Waals surface area contributed by atoms with E-state index in [1.54, 1.807) is 0 Å². The summed E-state index contributed by atoms with van der Waals surface area (Å²) in [7, 11) is -3.77. The molecule has 0 aliphatic carbocycles. The Kier molecular flexibility index (Phi) is 6.89. The second-order valence-electron chi connectivity index (χ2n) is 7.30. The Hall–Kier alpha value is -2.92. The highest BCUT2D eigenvalue weighted by atomic mass is 32.2. The first kappa shape index (κ1) is 23.7. The van der Waals surface area contributed by atoms with Gasteiger partial charge in [-0.25, -0.2) is 8.42 Å². The summed E-state index contributed by atoms with van der Waals surface area (Å²) in [5.41, 5.74) is -0.235. The van der Waals surface area contributed by atoms with E-state index in [-0.39, 0.29) is 55.0 Å². The third kappa shape index (κ3) is 5.46. The minimum Gasteiger partial charge on any atom is -0.376 e. The van der Waals surface area contributed by atoms with Crippen LogP contribution in [0.2, 0.25) is 0 Å². The number of halogens is 3. The number of hydrogen-bond donors (Lipinski definition) is 1. The quantitative estimate of drug-likeness (QED) is 0.658. The molecule has 0 radical (unpaired) electrons. The highest BCUT2D eigenvalue weighted by Gasteiger charge is 2.31. The summed E-state index contributed by atoms with van der Waals surface area (Å²) in [6, 6.07) is 10.2. The fraction of sp³-hybridized carbons (Fsp3) is 0.333. The Labute approximate surface area is 183 Å². The summed E-state index contributed by atoms with van der Waals surface area (Å²) in [5.74, 6) is -0.509. The van der Waals surface area contributed by atoms with Crippen molar-refractivity contribution in [1.82, 2.24) is 9.21 Å². The molecule has 172 valence electrons. The van der Waals surface area contributed by atoms with Crippen molar-refractivity contribution >= 4 is 27.4 Å². The van der Waals surface area contributed by atoms with Crippen molar-refractivity contribution < 1.29 is 31.2 Å². The van der Waals surface area contributed by atoms with Crippen LogP contribution in [0.4, 0.5) is 18.9 Å². The zero-order chi connectivity index (χ0) is 23.5. The van der Waals surface area contributed by atoms with Crippen molar-refractivity contribution in [2.45, 2.75) is 18.0 Å². The number of anilines is 1. The molecule has 1 N–H and O–H groups in total. The average molecular weight is 469 g/mol. The lowest BCUT2D eigenvalue weighted by atomic mass is 10.2. The van der Waals surface area contributed by atoms with Gasteiger partial charge in [-0.05, 0) is 37.3 Å². The lowest BCUT2D eigenvalue weighted by molar-refractivity contribution is -0.137. The van der Waals surface area contributed by atoms with Crippen molar-refractivity contribution in [3.8, 4) is 0 Å². The van der Waals surface area contributed by atoms with E-state index < -0.39 is 21.8 Å². The van der Waals surface area contributed by atoms with Crippen LogP contribution in [-0.4, -0.2) is 62.0 Å². The summed E-state index contributed by atoms with van der Waals surface area (Å²) in [6.45, 7) is 1.68. The topological polar surface area (TPSA) is 86.8 Å². The van der Waals surface area contributed by atoms with Gasteiger partial charge in [-0.1, -0.05) is 18.2 Å². The third-order valence-corrected chi connectivity index (χ3v) is 7.04.